The molecule has 7 heteroatoms. The van der Waals surface area contributed by atoms with Crippen LogP contribution in [-0.2, 0) is 23.1 Å². The van der Waals surface area contributed by atoms with E-state index in [0.29, 0.717) is 19.0 Å². The second-order valence-corrected chi connectivity index (χ2v) is 8.34. The van der Waals surface area contributed by atoms with Crippen molar-refractivity contribution in [3.8, 4) is 0 Å². The summed E-state index contributed by atoms with van der Waals surface area (Å²) in [7, 11) is -3.03. The van der Waals surface area contributed by atoms with Crippen LogP contribution in [-0.4, -0.2) is 59.6 Å². The number of nitrogens with zero attached hydrogens (tertiary/aromatic N) is 4. The van der Waals surface area contributed by atoms with Crippen LogP contribution in [0.15, 0.2) is 0 Å². The van der Waals surface area contributed by atoms with E-state index in [1.807, 2.05) is 0 Å². The number of hydrogen-bond acceptors (Lipinski definition) is 4. The minimum atomic E-state index is -3.03. The standard InChI is InChI=1S/C14H24N4O2S/c1-11-12(2)18-7-6-16(10-14(18)15-11)8-13-4-5-17(9-13)21(3,19)20/h13H,4-10H2,1-3H3. The van der Waals surface area contributed by atoms with Crippen LogP contribution in [0.2, 0.25) is 0 Å². The zero-order valence-electron chi connectivity index (χ0n) is 13.0. The van der Waals surface area contributed by atoms with E-state index in [0.717, 1.165) is 44.1 Å². The van der Waals surface area contributed by atoms with E-state index >= 15 is 0 Å². The molecule has 0 bridgehead atoms. The first-order valence-electron chi connectivity index (χ1n) is 7.54. The van der Waals surface area contributed by atoms with E-state index in [1.165, 1.54) is 11.9 Å². The Morgan fingerprint density at radius 3 is 2.67 bits per heavy atom. The van der Waals surface area contributed by atoms with Gasteiger partial charge in [0.25, 0.3) is 0 Å². The summed E-state index contributed by atoms with van der Waals surface area (Å²) in [6.07, 6.45) is 2.27. The van der Waals surface area contributed by atoms with Gasteiger partial charge in [-0.2, -0.15) is 0 Å². The molecule has 0 aromatic carbocycles. The van der Waals surface area contributed by atoms with Crippen molar-refractivity contribution >= 4 is 10.0 Å². The van der Waals surface area contributed by atoms with E-state index in [1.54, 1.807) is 4.31 Å². The number of rotatable bonds is 3. The lowest BCUT2D eigenvalue weighted by molar-refractivity contribution is 0.187. The fourth-order valence-electron chi connectivity index (χ4n) is 3.43. The molecule has 2 aliphatic heterocycles. The Morgan fingerprint density at radius 2 is 2.00 bits per heavy atom. The van der Waals surface area contributed by atoms with Gasteiger partial charge in [-0.1, -0.05) is 0 Å². The molecule has 1 unspecified atom stereocenters. The first-order valence-corrected chi connectivity index (χ1v) is 9.39. The van der Waals surface area contributed by atoms with Crippen molar-refractivity contribution in [2.24, 2.45) is 5.92 Å². The van der Waals surface area contributed by atoms with Gasteiger partial charge in [0, 0.05) is 38.4 Å². The summed E-state index contributed by atoms with van der Waals surface area (Å²) in [5.74, 6) is 1.60. The Kier molecular flexibility index (Phi) is 3.83. The maximum atomic E-state index is 11.6. The molecule has 1 aromatic heterocycles. The fourth-order valence-corrected chi connectivity index (χ4v) is 4.35. The van der Waals surface area contributed by atoms with Crippen molar-refractivity contribution in [3.05, 3.63) is 17.2 Å². The van der Waals surface area contributed by atoms with Crippen LogP contribution < -0.4 is 0 Å². The van der Waals surface area contributed by atoms with Crippen molar-refractivity contribution in [2.45, 2.75) is 33.4 Å². The molecule has 3 rings (SSSR count). The summed E-state index contributed by atoms with van der Waals surface area (Å²) in [5.41, 5.74) is 2.39. The van der Waals surface area contributed by atoms with E-state index in [2.05, 4.69) is 28.3 Å². The second kappa shape index (κ2) is 5.37. The second-order valence-electron chi connectivity index (χ2n) is 6.36. The number of fused-ring (bicyclic) bond motifs is 1. The number of aromatic nitrogens is 2. The first kappa shape index (κ1) is 15.0. The Bertz CT molecular complexity index is 638. The van der Waals surface area contributed by atoms with Gasteiger partial charge in [0.15, 0.2) is 0 Å². The van der Waals surface area contributed by atoms with Crippen LogP contribution in [0.5, 0.6) is 0 Å². The lowest BCUT2D eigenvalue weighted by Crippen LogP contribution is -2.38. The molecule has 0 aliphatic carbocycles. The summed E-state index contributed by atoms with van der Waals surface area (Å²) in [5, 5.41) is 0. The lowest BCUT2D eigenvalue weighted by atomic mass is 10.1. The van der Waals surface area contributed by atoms with Crippen LogP contribution in [0.4, 0.5) is 0 Å². The van der Waals surface area contributed by atoms with Gasteiger partial charge in [-0.25, -0.2) is 17.7 Å². The predicted molar refractivity (Wildman–Crippen MR) is 81.5 cm³/mol. The number of aryl methyl sites for hydroxylation is 1. The number of sulfonamides is 1. The topological polar surface area (TPSA) is 58.4 Å². The van der Waals surface area contributed by atoms with Gasteiger partial charge in [-0.3, -0.25) is 4.90 Å². The smallest absolute Gasteiger partial charge is 0.211 e. The maximum Gasteiger partial charge on any atom is 0.211 e. The minimum absolute atomic E-state index is 0.448. The third-order valence-electron chi connectivity index (χ3n) is 4.78. The number of imidazole rings is 1. The van der Waals surface area contributed by atoms with Crippen molar-refractivity contribution in [2.75, 3.05) is 32.4 Å². The van der Waals surface area contributed by atoms with Gasteiger partial charge in [0.1, 0.15) is 5.82 Å². The van der Waals surface area contributed by atoms with Crippen LogP contribution in [0, 0.1) is 19.8 Å². The Hall–Kier alpha value is -0.920. The summed E-state index contributed by atoms with van der Waals surface area (Å²) in [6.45, 7) is 9.39. The van der Waals surface area contributed by atoms with Crippen LogP contribution in [0.3, 0.4) is 0 Å². The van der Waals surface area contributed by atoms with Crippen molar-refractivity contribution in [1.29, 1.82) is 0 Å². The fraction of sp³-hybridized carbons (Fsp3) is 0.786. The summed E-state index contributed by atoms with van der Waals surface area (Å²) in [6, 6.07) is 0. The largest absolute Gasteiger partial charge is 0.330 e. The van der Waals surface area contributed by atoms with Crippen molar-refractivity contribution < 1.29 is 8.42 Å². The SMILES string of the molecule is Cc1nc2n(c1C)CCN(CC1CCN(S(C)(=O)=O)C1)C2. The van der Waals surface area contributed by atoms with Gasteiger partial charge in [-0.15, -0.1) is 0 Å². The molecule has 1 atom stereocenters. The van der Waals surface area contributed by atoms with Crippen LogP contribution >= 0.6 is 0 Å². The zero-order valence-corrected chi connectivity index (χ0v) is 13.9. The Labute approximate surface area is 126 Å². The molecule has 0 N–H and O–H groups in total. The molecule has 21 heavy (non-hydrogen) atoms. The number of hydrogen-bond donors (Lipinski definition) is 0. The Morgan fingerprint density at radius 1 is 1.24 bits per heavy atom. The van der Waals surface area contributed by atoms with Crippen LogP contribution in [0.25, 0.3) is 0 Å². The predicted octanol–water partition coefficient (Wildman–Crippen LogP) is 0.597. The highest BCUT2D eigenvalue weighted by molar-refractivity contribution is 7.88. The highest BCUT2D eigenvalue weighted by atomic mass is 32.2. The van der Waals surface area contributed by atoms with E-state index in [9.17, 15) is 8.42 Å². The van der Waals surface area contributed by atoms with Gasteiger partial charge in [0.05, 0.1) is 18.5 Å². The van der Waals surface area contributed by atoms with Crippen molar-refractivity contribution in [3.63, 3.8) is 0 Å². The maximum absolute atomic E-state index is 11.6. The molecular weight excluding hydrogens is 288 g/mol. The molecule has 0 saturated carbocycles. The summed E-state index contributed by atoms with van der Waals surface area (Å²) < 4.78 is 27.1. The molecule has 1 aromatic rings. The third kappa shape index (κ3) is 3.00. The minimum Gasteiger partial charge on any atom is -0.330 e. The van der Waals surface area contributed by atoms with Crippen LogP contribution in [0.1, 0.15) is 23.6 Å². The first-order chi connectivity index (χ1) is 9.84. The quantitative estimate of drug-likeness (QED) is 0.820. The third-order valence-corrected chi connectivity index (χ3v) is 6.05. The summed E-state index contributed by atoms with van der Waals surface area (Å²) >= 11 is 0. The van der Waals surface area contributed by atoms with Gasteiger partial charge in [-0.05, 0) is 26.2 Å². The molecule has 0 amide bonds. The molecule has 2 aliphatic rings. The average Bonchev–Trinajstić information content (AvgIpc) is 2.96. The molecular formula is C14H24N4O2S. The van der Waals surface area contributed by atoms with Gasteiger partial charge in [0.2, 0.25) is 10.0 Å². The molecule has 118 valence electrons. The van der Waals surface area contributed by atoms with Gasteiger partial charge >= 0.3 is 0 Å². The van der Waals surface area contributed by atoms with E-state index in [4.69, 9.17) is 0 Å². The Balaban J connectivity index is 1.61. The summed E-state index contributed by atoms with van der Waals surface area (Å²) in [4.78, 5) is 7.06. The monoisotopic (exact) mass is 312 g/mol. The highest BCUT2D eigenvalue weighted by Gasteiger charge is 2.30. The molecule has 6 nitrogen and oxygen atoms in total. The van der Waals surface area contributed by atoms with E-state index in [-0.39, 0.29) is 0 Å². The zero-order chi connectivity index (χ0) is 15.2. The lowest BCUT2D eigenvalue weighted by Gasteiger charge is -2.30. The molecule has 1 fully saturated rings. The molecule has 3 heterocycles. The van der Waals surface area contributed by atoms with Gasteiger partial charge < -0.3 is 4.57 Å². The normalized spacial score (nSPS) is 24.4. The molecule has 1 saturated heterocycles. The van der Waals surface area contributed by atoms with Crippen molar-refractivity contribution in [1.82, 2.24) is 18.8 Å². The molecule has 0 spiro atoms. The van der Waals surface area contributed by atoms with E-state index < -0.39 is 10.0 Å². The average molecular weight is 312 g/mol. The highest BCUT2D eigenvalue weighted by Crippen LogP contribution is 2.23. The molecule has 0 radical (unpaired) electrons.